The van der Waals surface area contributed by atoms with Crippen molar-refractivity contribution in [3.63, 3.8) is 0 Å². The molecule has 6 nitrogen and oxygen atoms in total. The van der Waals surface area contributed by atoms with Crippen LogP contribution in [0.15, 0.2) is 42.5 Å². The fourth-order valence-electron chi connectivity index (χ4n) is 3.53. The van der Waals surface area contributed by atoms with E-state index in [1.165, 1.54) is 0 Å². The van der Waals surface area contributed by atoms with E-state index in [2.05, 4.69) is 11.4 Å². The van der Waals surface area contributed by atoms with Gasteiger partial charge in [-0.15, -0.1) is 0 Å². The van der Waals surface area contributed by atoms with E-state index >= 15 is 0 Å². The third-order valence-electron chi connectivity index (χ3n) is 5.35. The Balaban J connectivity index is 1.70. The lowest BCUT2D eigenvalue weighted by molar-refractivity contribution is -0.140. The molecule has 0 aliphatic carbocycles. The molecule has 0 radical (unpaired) electrons. The predicted octanol–water partition coefficient (Wildman–Crippen LogP) is 3.85. The van der Waals surface area contributed by atoms with Crippen molar-refractivity contribution in [2.45, 2.75) is 53.1 Å². The number of amides is 2. The molecule has 2 aromatic rings. The number of benzene rings is 2. The summed E-state index contributed by atoms with van der Waals surface area (Å²) in [7, 11) is 0. The summed E-state index contributed by atoms with van der Waals surface area (Å²) in [5, 5.41) is 2.95. The normalized spacial score (nSPS) is 13.2. The summed E-state index contributed by atoms with van der Waals surface area (Å²) >= 11 is 0. The van der Waals surface area contributed by atoms with Crippen molar-refractivity contribution in [1.29, 1.82) is 0 Å². The molecule has 0 fully saturated rings. The highest BCUT2D eigenvalue weighted by Gasteiger charge is 2.26. The number of aryl methyl sites for hydroxylation is 2. The number of hydrogen-bond donors (Lipinski definition) is 1. The van der Waals surface area contributed by atoms with Crippen molar-refractivity contribution >= 4 is 11.8 Å². The van der Waals surface area contributed by atoms with Crippen molar-refractivity contribution in [3.05, 3.63) is 59.2 Å². The molecule has 0 saturated carbocycles. The van der Waals surface area contributed by atoms with Gasteiger partial charge in [0.1, 0.15) is 6.04 Å². The average molecular weight is 425 g/mol. The standard InChI is InChI=1S/C25H32N2O4/c1-17(2)14-26-25(29)19(4)27(15-21-7-5-6-18(3)12-21)24(28)11-9-20-8-10-22-23(13-20)31-16-30-22/h5-8,10,12-13,17,19H,9,11,14-16H2,1-4H3,(H,26,29)/t19-/m1/s1. The highest BCUT2D eigenvalue weighted by molar-refractivity contribution is 5.87. The Morgan fingerprint density at radius 2 is 1.81 bits per heavy atom. The molecule has 1 aliphatic heterocycles. The van der Waals surface area contributed by atoms with Crippen LogP contribution in [0.3, 0.4) is 0 Å². The predicted molar refractivity (Wildman–Crippen MR) is 120 cm³/mol. The van der Waals surface area contributed by atoms with Gasteiger partial charge in [-0.1, -0.05) is 49.7 Å². The van der Waals surface area contributed by atoms with E-state index < -0.39 is 6.04 Å². The molecule has 1 N–H and O–H groups in total. The minimum absolute atomic E-state index is 0.0497. The smallest absolute Gasteiger partial charge is 0.242 e. The monoisotopic (exact) mass is 424 g/mol. The van der Waals surface area contributed by atoms with Crippen LogP contribution in [0, 0.1) is 12.8 Å². The van der Waals surface area contributed by atoms with E-state index in [4.69, 9.17) is 9.47 Å². The molecular formula is C25H32N2O4. The molecule has 0 unspecified atom stereocenters. The van der Waals surface area contributed by atoms with E-state index in [1.807, 2.05) is 57.2 Å². The van der Waals surface area contributed by atoms with Gasteiger partial charge in [-0.25, -0.2) is 0 Å². The van der Waals surface area contributed by atoms with E-state index in [0.29, 0.717) is 37.6 Å². The molecule has 0 spiro atoms. The lowest BCUT2D eigenvalue weighted by atomic mass is 10.1. The van der Waals surface area contributed by atoms with Crippen molar-refractivity contribution in [2.75, 3.05) is 13.3 Å². The molecule has 166 valence electrons. The molecular weight excluding hydrogens is 392 g/mol. The second-order valence-electron chi connectivity index (χ2n) is 8.51. The molecule has 1 heterocycles. The zero-order valence-corrected chi connectivity index (χ0v) is 18.8. The first-order chi connectivity index (χ1) is 14.8. The highest BCUT2D eigenvalue weighted by atomic mass is 16.7. The molecule has 2 aromatic carbocycles. The van der Waals surface area contributed by atoms with Crippen LogP contribution in [0.2, 0.25) is 0 Å². The second-order valence-corrected chi connectivity index (χ2v) is 8.51. The maximum absolute atomic E-state index is 13.2. The van der Waals surface area contributed by atoms with Crippen molar-refractivity contribution in [2.24, 2.45) is 5.92 Å². The van der Waals surface area contributed by atoms with E-state index in [9.17, 15) is 9.59 Å². The molecule has 1 atom stereocenters. The maximum atomic E-state index is 13.2. The first-order valence-electron chi connectivity index (χ1n) is 10.8. The number of nitrogens with zero attached hydrogens (tertiary/aromatic N) is 1. The van der Waals surface area contributed by atoms with E-state index in [0.717, 1.165) is 22.4 Å². The van der Waals surface area contributed by atoms with Crippen LogP contribution in [0.5, 0.6) is 11.5 Å². The summed E-state index contributed by atoms with van der Waals surface area (Å²) in [4.78, 5) is 27.6. The summed E-state index contributed by atoms with van der Waals surface area (Å²) < 4.78 is 10.8. The van der Waals surface area contributed by atoms with Crippen LogP contribution >= 0.6 is 0 Å². The quantitative estimate of drug-likeness (QED) is 0.664. The van der Waals surface area contributed by atoms with Gasteiger partial charge in [-0.3, -0.25) is 9.59 Å². The fourth-order valence-corrected chi connectivity index (χ4v) is 3.53. The van der Waals surface area contributed by atoms with Gasteiger partial charge >= 0.3 is 0 Å². The Hall–Kier alpha value is -3.02. The van der Waals surface area contributed by atoms with Gasteiger partial charge in [-0.05, 0) is 49.4 Å². The zero-order chi connectivity index (χ0) is 22.4. The first kappa shape index (κ1) is 22.7. The van der Waals surface area contributed by atoms with Crippen LogP contribution in [0.4, 0.5) is 0 Å². The Morgan fingerprint density at radius 1 is 1.03 bits per heavy atom. The average Bonchev–Trinajstić information content (AvgIpc) is 3.21. The minimum Gasteiger partial charge on any atom is -0.454 e. The van der Waals surface area contributed by atoms with Crippen LogP contribution in [0.25, 0.3) is 0 Å². The van der Waals surface area contributed by atoms with Gasteiger partial charge in [0.2, 0.25) is 18.6 Å². The van der Waals surface area contributed by atoms with E-state index in [-0.39, 0.29) is 18.6 Å². The first-order valence-corrected chi connectivity index (χ1v) is 10.8. The summed E-state index contributed by atoms with van der Waals surface area (Å²) in [6.45, 7) is 9.13. The molecule has 31 heavy (non-hydrogen) atoms. The Bertz CT molecular complexity index is 925. The number of nitrogens with one attached hydrogen (secondary N) is 1. The fraction of sp³-hybridized carbons (Fsp3) is 0.440. The van der Waals surface area contributed by atoms with Crippen molar-refractivity contribution in [1.82, 2.24) is 10.2 Å². The minimum atomic E-state index is -0.552. The van der Waals surface area contributed by atoms with Crippen LogP contribution in [0.1, 0.15) is 43.9 Å². The molecule has 0 aromatic heterocycles. The van der Waals surface area contributed by atoms with Crippen molar-refractivity contribution in [3.8, 4) is 11.5 Å². The molecule has 6 heteroatoms. The van der Waals surface area contributed by atoms with Gasteiger partial charge in [0.15, 0.2) is 11.5 Å². The number of fused-ring (bicyclic) bond motifs is 1. The topological polar surface area (TPSA) is 67.9 Å². The third-order valence-corrected chi connectivity index (χ3v) is 5.35. The van der Waals surface area contributed by atoms with Gasteiger partial charge in [-0.2, -0.15) is 0 Å². The summed E-state index contributed by atoms with van der Waals surface area (Å²) in [5.41, 5.74) is 3.15. The van der Waals surface area contributed by atoms with Crippen LogP contribution in [-0.2, 0) is 22.6 Å². The molecule has 3 rings (SSSR count). The van der Waals surface area contributed by atoms with Crippen molar-refractivity contribution < 1.29 is 19.1 Å². The van der Waals surface area contributed by atoms with Gasteiger partial charge in [0, 0.05) is 19.5 Å². The molecule has 0 bridgehead atoms. The number of ether oxygens (including phenoxy) is 2. The summed E-state index contributed by atoms with van der Waals surface area (Å²) in [5.74, 6) is 1.61. The lowest BCUT2D eigenvalue weighted by Gasteiger charge is -2.29. The summed E-state index contributed by atoms with van der Waals surface area (Å²) in [6.07, 6.45) is 0.882. The van der Waals surface area contributed by atoms with Gasteiger partial charge < -0.3 is 19.7 Å². The number of carbonyl (C=O) groups is 2. The zero-order valence-electron chi connectivity index (χ0n) is 18.8. The van der Waals surface area contributed by atoms with Crippen LogP contribution in [-0.4, -0.2) is 36.1 Å². The van der Waals surface area contributed by atoms with E-state index in [1.54, 1.807) is 11.8 Å². The van der Waals surface area contributed by atoms with Crippen LogP contribution < -0.4 is 14.8 Å². The second kappa shape index (κ2) is 10.3. The Morgan fingerprint density at radius 3 is 2.55 bits per heavy atom. The number of hydrogen-bond acceptors (Lipinski definition) is 4. The largest absolute Gasteiger partial charge is 0.454 e. The molecule has 0 saturated heterocycles. The number of carbonyl (C=O) groups excluding carboxylic acids is 2. The Labute approximate surface area is 184 Å². The number of rotatable bonds is 9. The molecule has 2 amide bonds. The third kappa shape index (κ3) is 6.23. The van der Waals surface area contributed by atoms with Gasteiger partial charge in [0.05, 0.1) is 0 Å². The maximum Gasteiger partial charge on any atom is 0.242 e. The highest BCUT2D eigenvalue weighted by Crippen LogP contribution is 2.32. The summed E-state index contributed by atoms with van der Waals surface area (Å²) in [6, 6.07) is 13.2. The van der Waals surface area contributed by atoms with Gasteiger partial charge in [0.25, 0.3) is 0 Å². The molecule has 1 aliphatic rings. The Kier molecular flexibility index (Phi) is 7.55. The SMILES string of the molecule is Cc1cccc(CN(C(=O)CCc2ccc3c(c2)OCO3)[C@H](C)C(=O)NCC(C)C)c1. The lowest BCUT2D eigenvalue weighted by Crippen LogP contribution is -2.48.